The number of morpholine rings is 1. The molecule has 0 bridgehead atoms. The molecule has 1 aliphatic heterocycles. The fourth-order valence-corrected chi connectivity index (χ4v) is 4.20. The van der Waals surface area contributed by atoms with Crippen molar-refractivity contribution in [1.29, 1.82) is 0 Å². The lowest BCUT2D eigenvalue weighted by atomic mass is 10.3. The monoisotopic (exact) mass is 386 g/mol. The van der Waals surface area contributed by atoms with Gasteiger partial charge in [-0.2, -0.15) is 0 Å². The van der Waals surface area contributed by atoms with Crippen LogP contribution in [0.3, 0.4) is 0 Å². The molecule has 0 radical (unpaired) electrons. The van der Waals surface area contributed by atoms with Gasteiger partial charge in [0.15, 0.2) is 0 Å². The van der Waals surface area contributed by atoms with Gasteiger partial charge in [0, 0.05) is 19.6 Å². The highest BCUT2D eigenvalue weighted by molar-refractivity contribution is 7.89. The van der Waals surface area contributed by atoms with E-state index in [1.54, 1.807) is 0 Å². The molecule has 0 saturated carbocycles. The van der Waals surface area contributed by atoms with E-state index in [0.29, 0.717) is 13.0 Å². The van der Waals surface area contributed by atoms with Crippen molar-refractivity contribution in [3.05, 3.63) is 27.2 Å². The van der Waals surface area contributed by atoms with E-state index in [2.05, 4.69) is 9.62 Å². The lowest BCUT2D eigenvalue weighted by Gasteiger charge is -2.26. The van der Waals surface area contributed by atoms with E-state index in [1.807, 2.05) is 0 Å². The van der Waals surface area contributed by atoms with Gasteiger partial charge >= 0.3 is 0 Å². The van der Waals surface area contributed by atoms with E-state index in [-0.39, 0.29) is 20.0 Å². The van der Waals surface area contributed by atoms with Gasteiger partial charge in [0.2, 0.25) is 10.0 Å². The number of nitrogens with one attached hydrogen (secondary N) is 1. The van der Waals surface area contributed by atoms with Gasteiger partial charge in [-0.05, 0) is 25.1 Å². The molecule has 1 heterocycles. The van der Waals surface area contributed by atoms with Crippen molar-refractivity contribution in [2.75, 3.05) is 39.4 Å². The first-order chi connectivity index (χ1) is 10.4. The second-order valence-electron chi connectivity index (χ2n) is 4.90. The lowest BCUT2D eigenvalue weighted by Crippen LogP contribution is -2.38. The number of nitrogens with zero attached hydrogens (tertiary/aromatic N) is 1. The summed E-state index contributed by atoms with van der Waals surface area (Å²) in [6, 6.07) is 2.59. The van der Waals surface area contributed by atoms with Crippen molar-refractivity contribution in [3.8, 4) is 0 Å². The molecule has 0 atom stereocenters. The van der Waals surface area contributed by atoms with Crippen LogP contribution >= 0.6 is 34.8 Å². The molecule has 1 aromatic rings. The molecule has 0 aliphatic carbocycles. The average Bonchev–Trinajstić information content (AvgIpc) is 2.48. The Labute approximate surface area is 145 Å². The molecule has 2 rings (SSSR count). The molecule has 0 amide bonds. The van der Waals surface area contributed by atoms with Gasteiger partial charge in [-0.25, -0.2) is 13.1 Å². The van der Waals surface area contributed by atoms with Crippen LogP contribution in [0.4, 0.5) is 0 Å². The summed E-state index contributed by atoms with van der Waals surface area (Å²) in [6.07, 6.45) is 0.707. The summed E-state index contributed by atoms with van der Waals surface area (Å²) in [7, 11) is -3.70. The molecule has 1 saturated heterocycles. The number of hydrogen-bond donors (Lipinski definition) is 1. The maximum absolute atomic E-state index is 12.2. The Kier molecular flexibility index (Phi) is 6.76. The van der Waals surface area contributed by atoms with Crippen LogP contribution in [-0.2, 0) is 14.8 Å². The highest BCUT2D eigenvalue weighted by atomic mass is 35.5. The SMILES string of the molecule is O=S(=O)(NCCCN1CCOCC1)c1cc(Cl)c(Cl)cc1Cl. The van der Waals surface area contributed by atoms with Crippen LogP contribution < -0.4 is 4.72 Å². The Hall–Kier alpha value is -0.0800. The van der Waals surface area contributed by atoms with E-state index in [9.17, 15) is 8.42 Å². The second-order valence-corrected chi connectivity index (χ2v) is 7.86. The predicted molar refractivity (Wildman–Crippen MR) is 88.5 cm³/mol. The molecule has 1 aliphatic rings. The largest absolute Gasteiger partial charge is 0.379 e. The summed E-state index contributed by atoms with van der Waals surface area (Å²) in [4.78, 5) is 2.18. The van der Waals surface area contributed by atoms with E-state index in [4.69, 9.17) is 39.5 Å². The molecule has 22 heavy (non-hydrogen) atoms. The van der Waals surface area contributed by atoms with E-state index >= 15 is 0 Å². The minimum atomic E-state index is -3.70. The number of benzene rings is 1. The molecule has 0 spiro atoms. The Bertz CT molecular complexity index is 619. The Morgan fingerprint density at radius 2 is 1.73 bits per heavy atom. The fraction of sp³-hybridized carbons (Fsp3) is 0.538. The highest BCUT2D eigenvalue weighted by Gasteiger charge is 2.19. The standard InChI is InChI=1S/C13H17Cl3N2O3S/c14-10-8-12(16)13(9-11(10)15)22(19,20)17-2-1-3-18-4-6-21-7-5-18/h8-9,17H,1-7H2. The van der Waals surface area contributed by atoms with E-state index < -0.39 is 10.0 Å². The van der Waals surface area contributed by atoms with Gasteiger partial charge in [0.1, 0.15) is 4.90 Å². The zero-order chi connectivity index (χ0) is 16.2. The first kappa shape index (κ1) is 18.3. The molecule has 5 nitrogen and oxygen atoms in total. The molecule has 9 heteroatoms. The molecular formula is C13H17Cl3N2O3S. The van der Waals surface area contributed by atoms with Gasteiger partial charge in [0.05, 0.1) is 28.3 Å². The van der Waals surface area contributed by atoms with Crippen LogP contribution in [0.5, 0.6) is 0 Å². The van der Waals surface area contributed by atoms with Crippen LogP contribution in [-0.4, -0.2) is 52.7 Å². The Morgan fingerprint density at radius 3 is 2.41 bits per heavy atom. The summed E-state index contributed by atoms with van der Waals surface area (Å²) < 4.78 is 32.3. The minimum absolute atomic E-state index is 0.0510. The van der Waals surface area contributed by atoms with Crippen molar-refractivity contribution < 1.29 is 13.2 Å². The van der Waals surface area contributed by atoms with Crippen LogP contribution in [0.2, 0.25) is 15.1 Å². The molecule has 1 aromatic carbocycles. The maximum Gasteiger partial charge on any atom is 0.242 e. The molecule has 124 valence electrons. The highest BCUT2D eigenvalue weighted by Crippen LogP contribution is 2.31. The van der Waals surface area contributed by atoms with Crippen molar-refractivity contribution in [2.45, 2.75) is 11.3 Å². The summed E-state index contributed by atoms with van der Waals surface area (Å²) in [6.45, 7) is 4.36. The molecule has 1 N–H and O–H groups in total. The Morgan fingerprint density at radius 1 is 1.09 bits per heavy atom. The zero-order valence-electron chi connectivity index (χ0n) is 11.8. The van der Waals surface area contributed by atoms with Gasteiger partial charge in [-0.3, -0.25) is 4.90 Å². The van der Waals surface area contributed by atoms with Crippen LogP contribution in [0.1, 0.15) is 6.42 Å². The van der Waals surface area contributed by atoms with Crippen molar-refractivity contribution >= 4 is 44.8 Å². The molecular weight excluding hydrogens is 371 g/mol. The number of sulfonamides is 1. The van der Waals surface area contributed by atoms with Crippen LogP contribution in [0.15, 0.2) is 17.0 Å². The van der Waals surface area contributed by atoms with Crippen molar-refractivity contribution in [1.82, 2.24) is 9.62 Å². The van der Waals surface area contributed by atoms with Gasteiger partial charge < -0.3 is 4.74 Å². The van der Waals surface area contributed by atoms with Crippen LogP contribution in [0, 0.1) is 0 Å². The molecule has 0 unspecified atom stereocenters. The third-order valence-electron chi connectivity index (χ3n) is 3.31. The van der Waals surface area contributed by atoms with Crippen molar-refractivity contribution in [2.24, 2.45) is 0 Å². The number of hydrogen-bond acceptors (Lipinski definition) is 4. The summed E-state index contributed by atoms with van der Waals surface area (Å²) in [5.74, 6) is 0. The Balaban J connectivity index is 1.89. The zero-order valence-corrected chi connectivity index (χ0v) is 14.9. The van der Waals surface area contributed by atoms with E-state index in [0.717, 1.165) is 32.8 Å². The lowest BCUT2D eigenvalue weighted by molar-refractivity contribution is 0.0376. The minimum Gasteiger partial charge on any atom is -0.379 e. The van der Waals surface area contributed by atoms with E-state index in [1.165, 1.54) is 12.1 Å². The van der Waals surface area contributed by atoms with Crippen molar-refractivity contribution in [3.63, 3.8) is 0 Å². The normalized spacial score (nSPS) is 16.9. The maximum atomic E-state index is 12.2. The number of rotatable bonds is 6. The first-order valence-corrected chi connectivity index (χ1v) is 9.46. The summed E-state index contributed by atoms with van der Waals surface area (Å²) in [5.41, 5.74) is 0. The van der Waals surface area contributed by atoms with Gasteiger partial charge in [-0.1, -0.05) is 34.8 Å². The van der Waals surface area contributed by atoms with Crippen LogP contribution in [0.25, 0.3) is 0 Å². The third-order valence-corrected chi connectivity index (χ3v) is 5.96. The number of halogens is 3. The second kappa shape index (κ2) is 8.15. The molecule has 0 aromatic heterocycles. The fourth-order valence-electron chi connectivity index (χ4n) is 2.12. The smallest absolute Gasteiger partial charge is 0.242 e. The molecule has 1 fully saturated rings. The summed E-state index contributed by atoms with van der Waals surface area (Å²) in [5, 5.41) is 0.424. The topological polar surface area (TPSA) is 58.6 Å². The van der Waals surface area contributed by atoms with Gasteiger partial charge in [-0.15, -0.1) is 0 Å². The quantitative estimate of drug-likeness (QED) is 0.602. The first-order valence-electron chi connectivity index (χ1n) is 6.84. The predicted octanol–water partition coefficient (Wildman–Crippen LogP) is 2.65. The number of ether oxygens (including phenoxy) is 1. The van der Waals surface area contributed by atoms with Gasteiger partial charge in [0.25, 0.3) is 0 Å². The summed E-state index contributed by atoms with van der Waals surface area (Å²) >= 11 is 17.6. The third kappa shape index (κ3) is 4.96. The average molecular weight is 388 g/mol.